The highest BCUT2D eigenvalue weighted by Gasteiger charge is 2.46. The number of halogens is 2. The number of hydrogen-bond donors (Lipinski definition) is 3. The van der Waals surface area contributed by atoms with E-state index >= 15 is 0 Å². The number of pyridine rings is 1. The van der Waals surface area contributed by atoms with Crippen LogP contribution in [0.3, 0.4) is 0 Å². The molecule has 1 aliphatic carbocycles. The summed E-state index contributed by atoms with van der Waals surface area (Å²) < 4.78 is 28.0. The Morgan fingerprint density at radius 3 is 2.62 bits per heavy atom. The molecule has 184 valence electrons. The summed E-state index contributed by atoms with van der Waals surface area (Å²) >= 11 is 1.01. The molecule has 0 unspecified atom stereocenters. The van der Waals surface area contributed by atoms with Crippen LogP contribution in [-0.2, 0) is 0 Å². The number of likely N-dealkylation sites (tertiary alicyclic amines) is 1. The van der Waals surface area contributed by atoms with Crippen molar-refractivity contribution in [1.29, 1.82) is 0 Å². The molecule has 1 aliphatic heterocycles. The quantitative estimate of drug-likeness (QED) is 0.545. The highest BCUT2D eigenvalue weighted by atomic mass is 32.1. The number of aryl methyl sites for hydroxylation is 1. The van der Waals surface area contributed by atoms with Gasteiger partial charge >= 0.3 is 0 Å². The van der Waals surface area contributed by atoms with E-state index in [4.69, 9.17) is 0 Å². The van der Waals surface area contributed by atoms with E-state index in [1.165, 1.54) is 0 Å². The van der Waals surface area contributed by atoms with Crippen LogP contribution in [0.5, 0.6) is 0 Å². The second-order valence-electron chi connectivity index (χ2n) is 9.63. The minimum Gasteiger partial charge on any atom is -0.388 e. The van der Waals surface area contributed by atoms with Crippen molar-refractivity contribution in [2.24, 2.45) is 0 Å². The van der Waals surface area contributed by atoms with Crippen molar-refractivity contribution in [3.05, 3.63) is 28.5 Å². The van der Waals surface area contributed by atoms with Gasteiger partial charge in [0.2, 0.25) is 0 Å². The first kappa shape index (κ1) is 24.5. The number of carbonyl (C=O) groups is 2. The van der Waals surface area contributed by atoms with Gasteiger partial charge in [0, 0.05) is 36.8 Å². The molecule has 11 heteroatoms. The van der Waals surface area contributed by atoms with Crippen LogP contribution in [0.4, 0.5) is 14.6 Å². The summed E-state index contributed by atoms with van der Waals surface area (Å²) in [5, 5.41) is 15.9. The molecule has 1 saturated heterocycles. The number of hydrogen-bond acceptors (Lipinski definition) is 7. The Hall–Kier alpha value is -2.66. The zero-order valence-electron chi connectivity index (χ0n) is 19.6. The number of alkyl halides is 2. The minimum atomic E-state index is -2.97. The molecule has 2 aromatic rings. The molecule has 2 fully saturated rings. The lowest BCUT2D eigenvalue weighted by molar-refractivity contribution is 0.0118. The lowest BCUT2D eigenvalue weighted by atomic mass is 10.1. The second kappa shape index (κ2) is 8.84. The molecule has 0 aromatic carbocycles. The maximum Gasteiger partial charge on any atom is 0.280 e. The molecule has 0 spiro atoms. The molecule has 2 aromatic heterocycles. The molecule has 2 aliphatic rings. The molecule has 34 heavy (non-hydrogen) atoms. The lowest BCUT2D eigenvalue weighted by Crippen LogP contribution is -2.36. The van der Waals surface area contributed by atoms with Crippen LogP contribution in [-0.4, -0.2) is 68.5 Å². The Labute approximate surface area is 200 Å². The van der Waals surface area contributed by atoms with Crippen molar-refractivity contribution >= 4 is 29.0 Å². The normalized spacial score (nSPS) is 20.5. The fourth-order valence-corrected chi connectivity index (χ4v) is 5.02. The third kappa shape index (κ3) is 5.20. The standard InChI is InChI=1S/C23H29F2N5O3S/c1-12(2)28-16-7-13(3)15(9-26-16)18-17(21(32)30-11-23(24,25)8-14(30)4)29-20(34-18)19(31)27-10-22(33)5-6-22/h7,9,12,14,33H,5-6,8,10-11H2,1-4H3,(H,26,28)(H,27,31)/t14-/m0/s1. The third-order valence-corrected chi connectivity index (χ3v) is 7.10. The van der Waals surface area contributed by atoms with Crippen molar-refractivity contribution in [2.75, 3.05) is 18.4 Å². The highest BCUT2D eigenvalue weighted by Crippen LogP contribution is 2.38. The Morgan fingerprint density at radius 2 is 2.06 bits per heavy atom. The summed E-state index contributed by atoms with van der Waals surface area (Å²) in [7, 11) is 0. The van der Waals surface area contributed by atoms with Crippen LogP contribution in [0.25, 0.3) is 10.4 Å². The third-order valence-electron chi connectivity index (χ3n) is 6.01. The van der Waals surface area contributed by atoms with Gasteiger partial charge < -0.3 is 20.6 Å². The van der Waals surface area contributed by atoms with Crippen LogP contribution >= 0.6 is 11.3 Å². The average Bonchev–Trinajstić information content (AvgIpc) is 3.19. The fraction of sp³-hybridized carbons (Fsp3) is 0.565. The van der Waals surface area contributed by atoms with E-state index in [1.54, 1.807) is 13.1 Å². The molecular weight excluding hydrogens is 464 g/mol. The topological polar surface area (TPSA) is 107 Å². The summed E-state index contributed by atoms with van der Waals surface area (Å²) in [6, 6.07) is 1.35. The molecule has 2 amide bonds. The zero-order chi connectivity index (χ0) is 24.8. The fourth-order valence-electron chi connectivity index (χ4n) is 3.97. The van der Waals surface area contributed by atoms with E-state index in [9.17, 15) is 23.5 Å². The minimum absolute atomic E-state index is 0.0324. The van der Waals surface area contributed by atoms with E-state index in [0.717, 1.165) is 21.8 Å². The maximum atomic E-state index is 14.0. The van der Waals surface area contributed by atoms with Gasteiger partial charge in [-0.2, -0.15) is 0 Å². The molecule has 0 bridgehead atoms. The first-order chi connectivity index (χ1) is 15.9. The van der Waals surface area contributed by atoms with Gasteiger partial charge in [0.05, 0.1) is 17.0 Å². The summed E-state index contributed by atoms with van der Waals surface area (Å²) in [6.07, 6.45) is 2.41. The Kier molecular flexibility index (Phi) is 6.36. The Bertz CT molecular complexity index is 1120. The number of thiazole rings is 1. The van der Waals surface area contributed by atoms with E-state index in [-0.39, 0.29) is 23.3 Å². The van der Waals surface area contributed by atoms with Crippen molar-refractivity contribution in [2.45, 2.75) is 70.6 Å². The van der Waals surface area contributed by atoms with Gasteiger partial charge in [-0.1, -0.05) is 0 Å². The van der Waals surface area contributed by atoms with E-state index in [2.05, 4.69) is 20.6 Å². The van der Waals surface area contributed by atoms with Crippen LogP contribution in [0, 0.1) is 6.92 Å². The molecule has 1 saturated carbocycles. The predicted octanol–water partition coefficient (Wildman–Crippen LogP) is 3.46. The van der Waals surface area contributed by atoms with E-state index < -0.39 is 42.3 Å². The maximum absolute atomic E-state index is 14.0. The molecule has 3 N–H and O–H groups in total. The van der Waals surface area contributed by atoms with Gasteiger partial charge in [-0.05, 0) is 52.2 Å². The van der Waals surface area contributed by atoms with E-state index in [1.807, 2.05) is 26.8 Å². The number of carbonyl (C=O) groups excluding carboxylic acids is 2. The number of aromatic nitrogens is 2. The summed E-state index contributed by atoms with van der Waals surface area (Å²) in [4.78, 5) is 36.3. The Morgan fingerprint density at radius 1 is 1.35 bits per heavy atom. The molecule has 3 heterocycles. The number of rotatable bonds is 7. The van der Waals surface area contributed by atoms with Gasteiger partial charge in [0.15, 0.2) is 5.01 Å². The predicted molar refractivity (Wildman–Crippen MR) is 125 cm³/mol. The van der Waals surface area contributed by atoms with Gasteiger partial charge in [-0.15, -0.1) is 11.3 Å². The van der Waals surface area contributed by atoms with Gasteiger partial charge in [0.25, 0.3) is 17.7 Å². The summed E-state index contributed by atoms with van der Waals surface area (Å²) in [5.74, 6) is -3.46. The van der Waals surface area contributed by atoms with Crippen molar-refractivity contribution < 1.29 is 23.5 Å². The summed E-state index contributed by atoms with van der Waals surface area (Å²) in [6.45, 7) is 6.81. The Balaban J connectivity index is 1.69. The lowest BCUT2D eigenvalue weighted by Gasteiger charge is -2.20. The number of nitrogens with zero attached hydrogens (tertiary/aromatic N) is 3. The van der Waals surface area contributed by atoms with Crippen LogP contribution < -0.4 is 10.6 Å². The van der Waals surface area contributed by atoms with Gasteiger partial charge in [-0.3, -0.25) is 9.59 Å². The number of anilines is 1. The van der Waals surface area contributed by atoms with Crippen LogP contribution in [0.2, 0.25) is 0 Å². The molecule has 8 nitrogen and oxygen atoms in total. The number of aliphatic hydroxyl groups is 1. The first-order valence-corrected chi connectivity index (χ1v) is 12.1. The molecule has 1 atom stereocenters. The average molecular weight is 494 g/mol. The van der Waals surface area contributed by atoms with Crippen molar-refractivity contribution in [1.82, 2.24) is 20.2 Å². The largest absolute Gasteiger partial charge is 0.388 e. The number of amides is 2. The molecule has 4 rings (SSSR count). The molecular formula is C23H29F2N5O3S. The smallest absolute Gasteiger partial charge is 0.280 e. The highest BCUT2D eigenvalue weighted by molar-refractivity contribution is 7.17. The SMILES string of the molecule is Cc1cc(NC(C)C)ncc1-c1sc(C(=O)NCC2(O)CC2)nc1C(=O)N1CC(F)(F)C[C@@H]1C. The van der Waals surface area contributed by atoms with Crippen molar-refractivity contribution in [3.8, 4) is 10.4 Å². The van der Waals surface area contributed by atoms with Crippen LogP contribution in [0.15, 0.2) is 12.3 Å². The molecule has 0 radical (unpaired) electrons. The van der Waals surface area contributed by atoms with Crippen LogP contribution in [0.1, 0.15) is 65.9 Å². The van der Waals surface area contributed by atoms with Crippen molar-refractivity contribution in [3.63, 3.8) is 0 Å². The first-order valence-electron chi connectivity index (χ1n) is 11.3. The van der Waals surface area contributed by atoms with Gasteiger partial charge in [0.1, 0.15) is 11.5 Å². The number of nitrogens with one attached hydrogen (secondary N) is 2. The zero-order valence-corrected chi connectivity index (χ0v) is 20.4. The second-order valence-corrected chi connectivity index (χ2v) is 10.6. The summed E-state index contributed by atoms with van der Waals surface area (Å²) in [5.41, 5.74) is 0.480. The monoisotopic (exact) mass is 493 g/mol. The van der Waals surface area contributed by atoms with Gasteiger partial charge in [-0.25, -0.2) is 18.7 Å². The van der Waals surface area contributed by atoms with E-state index in [0.29, 0.717) is 29.1 Å².